The third kappa shape index (κ3) is 4.22. The normalized spacial score (nSPS) is 14.0. The summed E-state index contributed by atoms with van der Waals surface area (Å²) in [5.74, 6) is 1.37. The van der Waals surface area contributed by atoms with Crippen molar-refractivity contribution < 1.29 is 14.0 Å². The van der Waals surface area contributed by atoms with Gasteiger partial charge in [-0.25, -0.2) is 9.78 Å². The van der Waals surface area contributed by atoms with Crippen molar-refractivity contribution in [1.29, 1.82) is 0 Å². The number of para-hydroxylation sites is 1. The lowest BCUT2D eigenvalue weighted by atomic mass is 10.2. The molecule has 1 aliphatic rings. The largest absolute Gasteiger partial charge is 0.457 e. The van der Waals surface area contributed by atoms with Gasteiger partial charge in [0.15, 0.2) is 10.8 Å². The highest BCUT2D eigenvalue weighted by Crippen LogP contribution is 2.31. The summed E-state index contributed by atoms with van der Waals surface area (Å²) in [6.45, 7) is 2.33. The Morgan fingerprint density at radius 3 is 2.41 bits per heavy atom. The number of aromatic nitrogens is 1. The van der Waals surface area contributed by atoms with Gasteiger partial charge in [0.2, 0.25) is 0 Å². The number of carbonyl (C=O) groups is 2. The molecule has 0 unspecified atom stereocenters. The number of carbonyl (C=O) groups excluding carboxylic acids is 2. The van der Waals surface area contributed by atoms with Crippen LogP contribution in [0.4, 0.5) is 4.79 Å². The zero-order chi connectivity index (χ0) is 21.9. The molecule has 3 amide bonds. The Bertz CT molecular complexity index is 1210. The highest BCUT2D eigenvalue weighted by molar-refractivity contribution is 7.21. The molecule has 3 heterocycles. The summed E-state index contributed by atoms with van der Waals surface area (Å²) in [7, 11) is 0. The van der Waals surface area contributed by atoms with E-state index in [0.717, 1.165) is 15.2 Å². The number of hydrogen-bond acceptors (Lipinski definition) is 5. The molecule has 1 N–H and O–H groups in total. The minimum absolute atomic E-state index is 0.00335. The molecular weight excluding hydrogens is 424 g/mol. The minimum Gasteiger partial charge on any atom is -0.457 e. The first-order chi connectivity index (χ1) is 15.7. The van der Waals surface area contributed by atoms with Gasteiger partial charge >= 0.3 is 6.03 Å². The van der Waals surface area contributed by atoms with Crippen molar-refractivity contribution in [2.24, 2.45) is 0 Å². The molecule has 0 bridgehead atoms. The van der Waals surface area contributed by atoms with Crippen molar-refractivity contribution in [3.63, 3.8) is 0 Å². The topological polar surface area (TPSA) is 78.7 Å². The van der Waals surface area contributed by atoms with E-state index in [4.69, 9.17) is 4.42 Å². The Hall–Kier alpha value is -3.65. The Morgan fingerprint density at radius 2 is 1.62 bits per heavy atom. The third-order valence-corrected chi connectivity index (χ3v) is 6.51. The van der Waals surface area contributed by atoms with Crippen LogP contribution in [0.5, 0.6) is 0 Å². The molecule has 2 aromatic heterocycles. The molecule has 0 saturated carbocycles. The van der Waals surface area contributed by atoms with Crippen LogP contribution in [-0.4, -0.2) is 52.9 Å². The number of urea groups is 1. The molecule has 1 aliphatic heterocycles. The van der Waals surface area contributed by atoms with Crippen LogP contribution in [0, 0.1) is 0 Å². The van der Waals surface area contributed by atoms with Gasteiger partial charge in [-0.15, -0.1) is 11.3 Å². The molecule has 2 aromatic carbocycles. The molecule has 5 rings (SSSR count). The SMILES string of the molecule is O=C(NCc1ccc(-c2nc3ccccc3s2)o1)N1CCN(C(=O)c2ccccc2)CC1. The van der Waals surface area contributed by atoms with Crippen LogP contribution in [0.2, 0.25) is 0 Å². The molecule has 4 aromatic rings. The Kier molecular flexibility index (Phi) is 5.60. The van der Waals surface area contributed by atoms with Gasteiger partial charge in [-0.1, -0.05) is 30.3 Å². The number of furan rings is 1. The van der Waals surface area contributed by atoms with E-state index in [2.05, 4.69) is 10.3 Å². The third-order valence-electron chi connectivity index (χ3n) is 5.46. The van der Waals surface area contributed by atoms with E-state index in [9.17, 15) is 9.59 Å². The number of benzene rings is 2. The predicted octanol–water partition coefficient (Wildman–Crippen LogP) is 4.22. The maximum atomic E-state index is 12.6. The molecule has 0 radical (unpaired) electrons. The van der Waals surface area contributed by atoms with Crippen LogP contribution in [-0.2, 0) is 6.54 Å². The first kappa shape index (κ1) is 20.3. The van der Waals surface area contributed by atoms with E-state index in [1.807, 2.05) is 66.7 Å². The highest BCUT2D eigenvalue weighted by atomic mass is 32.1. The van der Waals surface area contributed by atoms with Crippen molar-refractivity contribution in [3.05, 3.63) is 78.1 Å². The highest BCUT2D eigenvalue weighted by Gasteiger charge is 2.24. The first-order valence-corrected chi connectivity index (χ1v) is 11.3. The molecule has 1 saturated heterocycles. The van der Waals surface area contributed by atoms with Gasteiger partial charge < -0.3 is 19.5 Å². The molecule has 32 heavy (non-hydrogen) atoms. The van der Waals surface area contributed by atoms with Crippen molar-refractivity contribution in [2.45, 2.75) is 6.54 Å². The predicted molar refractivity (Wildman–Crippen MR) is 123 cm³/mol. The fourth-order valence-corrected chi connectivity index (χ4v) is 4.64. The second-order valence-electron chi connectivity index (χ2n) is 7.56. The number of nitrogens with zero attached hydrogens (tertiary/aromatic N) is 3. The average Bonchev–Trinajstić information content (AvgIpc) is 3.50. The number of amides is 3. The standard InChI is InChI=1S/C24H22N4O3S/c29-23(17-6-2-1-3-7-17)27-12-14-28(15-13-27)24(30)25-16-18-10-11-20(31-18)22-26-19-8-4-5-9-21(19)32-22/h1-11H,12-16H2,(H,25,30). The van der Waals surface area contributed by atoms with E-state index in [0.29, 0.717) is 49.8 Å². The minimum atomic E-state index is -0.158. The van der Waals surface area contributed by atoms with E-state index < -0.39 is 0 Å². The lowest BCUT2D eigenvalue weighted by Gasteiger charge is -2.34. The van der Waals surface area contributed by atoms with Gasteiger partial charge in [0.05, 0.1) is 16.8 Å². The van der Waals surface area contributed by atoms with Crippen LogP contribution in [0.3, 0.4) is 0 Å². The molecule has 0 aliphatic carbocycles. The Labute approximate surface area is 189 Å². The molecule has 1 fully saturated rings. The molecule has 8 heteroatoms. The smallest absolute Gasteiger partial charge is 0.317 e. The first-order valence-electron chi connectivity index (χ1n) is 10.5. The molecule has 162 valence electrons. The van der Waals surface area contributed by atoms with Gasteiger partial charge in [0.25, 0.3) is 5.91 Å². The van der Waals surface area contributed by atoms with E-state index in [-0.39, 0.29) is 11.9 Å². The quantitative estimate of drug-likeness (QED) is 0.509. The van der Waals surface area contributed by atoms with Gasteiger partial charge in [-0.2, -0.15) is 0 Å². The second-order valence-corrected chi connectivity index (χ2v) is 8.59. The summed E-state index contributed by atoms with van der Waals surface area (Å²) < 4.78 is 7.01. The van der Waals surface area contributed by atoms with Gasteiger partial charge in [-0.3, -0.25) is 4.79 Å². The fraction of sp³-hybridized carbons (Fsp3) is 0.208. The number of rotatable bonds is 4. The number of hydrogen-bond donors (Lipinski definition) is 1. The maximum Gasteiger partial charge on any atom is 0.317 e. The summed E-state index contributed by atoms with van der Waals surface area (Å²) in [4.78, 5) is 33.2. The van der Waals surface area contributed by atoms with Crippen LogP contribution >= 0.6 is 11.3 Å². The number of piperazine rings is 1. The van der Waals surface area contributed by atoms with Gasteiger partial charge in [0, 0.05) is 31.7 Å². The van der Waals surface area contributed by atoms with Crippen LogP contribution in [0.1, 0.15) is 16.1 Å². The van der Waals surface area contributed by atoms with Crippen LogP contribution < -0.4 is 5.32 Å². The van der Waals surface area contributed by atoms with E-state index in [1.54, 1.807) is 21.1 Å². The van der Waals surface area contributed by atoms with Crippen molar-refractivity contribution in [2.75, 3.05) is 26.2 Å². The molecule has 0 spiro atoms. The maximum absolute atomic E-state index is 12.6. The van der Waals surface area contributed by atoms with Crippen molar-refractivity contribution in [1.82, 2.24) is 20.1 Å². The average molecular weight is 447 g/mol. The second kappa shape index (κ2) is 8.84. The zero-order valence-electron chi connectivity index (χ0n) is 17.4. The Morgan fingerprint density at radius 1 is 0.906 bits per heavy atom. The Balaban J connectivity index is 1.14. The summed E-state index contributed by atoms with van der Waals surface area (Å²) in [6.07, 6.45) is 0. The van der Waals surface area contributed by atoms with Crippen LogP contribution in [0.15, 0.2) is 71.1 Å². The number of fused-ring (bicyclic) bond motifs is 1. The van der Waals surface area contributed by atoms with Crippen molar-refractivity contribution in [3.8, 4) is 10.8 Å². The molecule has 7 nitrogen and oxygen atoms in total. The number of nitrogens with one attached hydrogen (secondary N) is 1. The summed E-state index contributed by atoms with van der Waals surface area (Å²) in [5, 5.41) is 3.73. The lowest BCUT2D eigenvalue weighted by Crippen LogP contribution is -2.53. The lowest BCUT2D eigenvalue weighted by molar-refractivity contribution is 0.0664. The van der Waals surface area contributed by atoms with Gasteiger partial charge in [-0.05, 0) is 36.4 Å². The fourth-order valence-electron chi connectivity index (χ4n) is 3.72. The van der Waals surface area contributed by atoms with Crippen LogP contribution in [0.25, 0.3) is 21.0 Å². The summed E-state index contributed by atoms with van der Waals surface area (Å²) in [6, 6.07) is 20.8. The van der Waals surface area contributed by atoms with E-state index in [1.165, 1.54) is 0 Å². The summed E-state index contributed by atoms with van der Waals surface area (Å²) in [5.41, 5.74) is 1.62. The molecular formula is C24H22N4O3S. The van der Waals surface area contributed by atoms with Crippen molar-refractivity contribution >= 4 is 33.5 Å². The monoisotopic (exact) mass is 446 g/mol. The van der Waals surface area contributed by atoms with Gasteiger partial charge in [0.1, 0.15) is 5.76 Å². The van der Waals surface area contributed by atoms with E-state index >= 15 is 0 Å². The molecule has 0 atom stereocenters. The zero-order valence-corrected chi connectivity index (χ0v) is 18.2. The summed E-state index contributed by atoms with van der Waals surface area (Å²) >= 11 is 1.58. The number of thiazole rings is 1.